The van der Waals surface area contributed by atoms with Crippen LogP contribution in [0.25, 0.3) is 10.9 Å². The van der Waals surface area contributed by atoms with Gasteiger partial charge in [-0.25, -0.2) is 9.78 Å². The number of carbonyl (C=O) groups excluding carboxylic acids is 2. The first-order valence-corrected chi connectivity index (χ1v) is 9.72. The van der Waals surface area contributed by atoms with Crippen molar-refractivity contribution in [3.05, 3.63) is 18.0 Å². The third-order valence-electron chi connectivity index (χ3n) is 5.96. The van der Waals surface area contributed by atoms with E-state index in [1.807, 2.05) is 13.1 Å². The molecule has 1 atom stereocenters. The summed E-state index contributed by atoms with van der Waals surface area (Å²) in [5.41, 5.74) is 1.52. The van der Waals surface area contributed by atoms with Crippen LogP contribution in [0.2, 0.25) is 0 Å². The third-order valence-corrected chi connectivity index (χ3v) is 5.96. The summed E-state index contributed by atoms with van der Waals surface area (Å²) in [4.78, 5) is 42.9. The molecular weight excluding hydrogens is 376 g/mol. The first-order valence-electron chi connectivity index (χ1n) is 9.72. The highest BCUT2D eigenvalue weighted by Crippen LogP contribution is 2.31. The van der Waals surface area contributed by atoms with Crippen molar-refractivity contribution in [3.8, 4) is 0 Å². The Balaban J connectivity index is 1.55. The molecule has 29 heavy (non-hydrogen) atoms. The molecule has 4 heterocycles. The van der Waals surface area contributed by atoms with Gasteiger partial charge in [-0.05, 0) is 19.3 Å². The van der Waals surface area contributed by atoms with E-state index in [0.717, 1.165) is 42.7 Å². The summed E-state index contributed by atoms with van der Waals surface area (Å²) < 4.78 is 1.74. The smallest absolute Gasteiger partial charge is 0.407 e. The van der Waals surface area contributed by atoms with Gasteiger partial charge < -0.3 is 14.9 Å². The number of imide groups is 1. The lowest BCUT2D eigenvalue weighted by atomic mass is 9.93. The van der Waals surface area contributed by atoms with Crippen LogP contribution in [-0.2, 0) is 16.6 Å². The first-order chi connectivity index (χ1) is 13.8. The first kappa shape index (κ1) is 19.2. The summed E-state index contributed by atoms with van der Waals surface area (Å²) in [6.07, 6.45) is 3.08. The largest absolute Gasteiger partial charge is 0.465 e. The third kappa shape index (κ3) is 3.50. The maximum atomic E-state index is 12.3. The number of anilines is 1. The molecule has 10 nitrogen and oxygen atoms in total. The lowest BCUT2D eigenvalue weighted by Gasteiger charge is -2.36. The van der Waals surface area contributed by atoms with Gasteiger partial charge in [0.2, 0.25) is 11.8 Å². The second kappa shape index (κ2) is 7.34. The van der Waals surface area contributed by atoms with Gasteiger partial charge in [0.05, 0.1) is 17.1 Å². The number of nitrogens with one attached hydrogen (secondary N) is 1. The average molecular weight is 400 g/mol. The summed E-state index contributed by atoms with van der Waals surface area (Å²) in [6, 6.07) is 1.97. The number of piperidine rings is 2. The van der Waals surface area contributed by atoms with Gasteiger partial charge in [0.25, 0.3) is 0 Å². The minimum Gasteiger partial charge on any atom is -0.465 e. The molecule has 2 saturated heterocycles. The maximum absolute atomic E-state index is 12.3. The normalized spacial score (nSPS) is 20.8. The van der Waals surface area contributed by atoms with E-state index in [2.05, 4.69) is 20.3 Å². The van der Waals surface area contributed by atoms with Crippen LogP contribution in [0, 0.1) is 0 Å². The molecule has 1 unspecified atom stereocenters. The Morgan fingerprint density at radius 3 is 2.66 bits per heavy atom. The van der Waals surface area contributed by atoms with Crippen molar-refractivity contribution in [2.75, 3.05) is 25.0 Å². The van der Waals surface area contributed by atoms with Crippen LogP contribution in [0.5, 0.6) is 0 Å². The highest BCUT2D eigenvalue weighted by atomic mass is 16.4. The highest BCUT2D eigenvalue weighted by molar-refractivity contribution is 6.02. The number of carboxylic acid groups (broad SMARTS) is 1. The van der Waals surface area contributed by atoms with Gasteiger partial charge in [0.1, 0.15) is 5.82 Å². The van der Waals surface area contributed by atoms with Gasteiger partial charge in [0.15, 0.2) is 0 Å². The van der Waals surface area contributed by atoms with E-state index in [0.29, 0.717) is 18.5 Å². The summed E-state index contributed by atoms with van der Waals surface area (Å²) in [5, 5.41) is 16.9. The number of aromatic nitrogens is 3. The second-order valence-corrected chi connectivity index (χ2v) is 7.68. The molecular formula is C19H24N6O4. The fourth-order valence-electron chi connectivity index (χ4n) is 4.19. The zero-order valence-corrected chi connectivity index (χ0v) is 16.5. The number of hydrogen-bond donors (Lipinski definition) is 2. The molecule has 0 spiro atoms. The van der Waals surface area contributed by atoms with E-state index in [9.17, 15) is 14.4 Å². The fourth-order valence-corrected chi connectivity index (χ4v) is 4.19. The number of nitrogens with zero attached hydrogens (tertiary/aromatic N) is 5. The molecule has 0 radical (unpaired) electrons. The van der Waals surface area contributed by atoms with Gasteiger partial charge in [-0.2, -0.15) is 5.10 Å². The number of aryl methyl sites for hydroxylation is 1. The van der Waals surface area contributed by atoms with Gasteiger partial charge in [0, 0.05) is 57.3 Å². The topological polar surface area (TPSA) is 121 Å². The van der Waals surface area contributed by atoms with E-state index in [1.54, 1.807) is 17.9 Å². The van der Waals surface area contributed by atoms with Crippen LogP contribution in [0.3, 0.4) is 0 Å². The van der Waals surface area contributed by atoms with Crippen molar-refractivity contribution in [1.29, 1.82) is 0 Å². The van der Waals surface area contributed by atoms with E-state index in [4.69, 9.17) is 5.11 Å². The molecule has 2 N–H and O–H groups in total. The van der Waals surface area contributed by atoms with Gasteiger partial charge in [-0.3, -0.25) is 19.6 Å². The van der Waals surface area contributed by atoms with Crippen LogP contribution in [0.1, 0.15) is 37.3 Å². The van der Waals surface area contributed by atoms with Crippen LogP contribution in [0.4, 0.5) is 10.6 Å². The van der Waals surface area contributed by atoms with E-state index in [-0.39, 0.29) is 17.9 Å². The quantitative estimate of drug-likeness (QED) is 0.739. The minimum absolute atomic E-state index is 0.0170. The molecule has 2 aromatic rings. The molecule has 0 saturated carbocycles. The van der Waals surface area contributed by atoms with Gasteiger partial charge in [-0.1, -0.05) is 0 Å². The van der Waals surface area contributed by atoms with E-state index < -0.39 is 12.0 Å². The molecule has 10 heteroatoms. The molecule has 2 aliphatic rings. The van der Waals surface area contributed by atoms with Crippen molar-refractivity contribution in [3.63, 3.8) is 0 Å². The Labute approximate surface area is 167 Å². The van der Waals surface area contributed by atoms with Gasteiger partial charge >= 0.3 is 6.09 Å². The number of fused-ring (bicyclic) bond motifs is 1. The SMILES string of the molecule is CN(C(=O)O)C1CCN(c2cc3c(cn2)c(C2CCC(=O)NC2=O)nn3C)CC1. The van der Waals surface area contributed by atoms with Gasteiger partial charge in [-0.15, -0.1) is 0 Å². The molecule has 0 bridgehead atoms. The Hall–Kier alpha value is -3.17. The lowest BCUT2D eigenvalue weighted by Crippen LogP contribution is -2.45. The zero-order valence-electron chi connectivity index (χ0n) is 16.5. The second-order valence-electron chi connectivity index (χ2n) is 7.68. The zero-order chi connectivity index (χ0) is 20.7. The van der Waals surface area contributed by atoms with Crippen molar-refractivity contribution in [1.82, 2.24) is 25.0 Å². The van der Waals surface area contributed by atoms with E-state index >= 15 is 0 Å². The predicted octanol–water partition coefficient (Wildman–Crippen LogP) is 1.07. The average Bonchev–Trinajstić information content (AvgIpc) is 3.03. The lowest BCUT2D eigenvalue weighted by molar-refractivity contribution is -0.134. The molecule has 2 aromatic heterocycles. The number of pyridine rings is 1. The number of hydrogen-bond acceptors (Lipinski definition) is 6. The predicted molar refractivity (Wildman–Crippen MR) is 105 cm³/mol. The Morgan fingerprint density at radius 1 is 1.28 bits per heavy atom. The monoisotopic (exact) mass is 400 g/mol. The number of rotatable bonds is 3. The number of amides is 3. The van der Waals surface area contributed by atoms with Crippen molar-refractivity contribution < 1.29 is 19.5 Å². The summed E-state index contributed by atoms with van der Waals surface area (Å²) in [7, 11) is 3.44. The molecule has 0 aromatic carbocycles. The molecule has 3 amide bonds. The molecule has 2 aliphatic heterocycles. The van der Waals surface area contributed by atoms with Crippen LogP contribution in [-0.4, -0.2) is 68.9 Å². The number of carbonyl (C=O) groups is 3. The Kier molecular flexibility index (Phi) is 4.85. The molecule has 4 rings (SSSR count). The standard InChI is InChI=1S/C19H24N6O4/c1-23(19(28)29)11-5-7-25(8-6-11)15-9-14-13(10-20-15)17(22-24(14)2)12-3-4-16(26)21-18(12)27/h9-12H,3-8H2,1-2H3,(H,28,29)(H,21,26,27). The maximum Gasteiger partial charge on any atom is 0.407 e. The van der Waals surface area contributed by atoms with Crippen molar-refractivity contribution in [2.24, 2.45) is 7.05 Å². The van der Waals surface area contributed by atoms with Crippen molar-refractivity contribution in [2.45, 2.75) is 37.6 Å². The Bertz CT molecular complexity index is 978. The van der Waals surface area contributed by atoms with E-state index in [1.165, 1.54) is 4.90 Å². The fraction of sp³-hybridized carbons (Fsp3) is 0.526. The van der Waals surface area contributed by atoms with Crippen LogP contribution in [0.15, 0.2) is 12.3 Å². The summed E-state index contributed by atoms with van der Waals surface area (Å²) >= 11 is 0. The minimum atomic E-state index is -0.904. The molecule has 0 aliphatic carbocycles. The summed E-state index contributed by atoms with van der Waals surface area (Å²) in [6.45, 7) is 1.44. The highest BCUT2D eigenvalue weighted by Gasteiger charge is 2.32. The van der Waals surface area contributed by atoms with Crippen LogP contribution >= 0.6 is 0 Å². The molecule has 2 fully saturated rings. The molecule has 154 valence electrons. The van der Waals surface area contributed by atoms with Crippen LogP contribution < -0.4 is 10.2 Å². The van der Waals surface area contributed by atoms with Crippen molar-refractivity contribution >= 4 is 34.6 Å². The Morgan fingerprint density at radius 2 is 2.00 bits per heavy atom. The summed E-state index contributed by atoms with van der Waals surface area (Å²) in [5.74, 6) is -0.197.